The lowest BCUT2D eigenvalue weighted by Gasteiger charge is -2.23. The molecule has 0 atom stereocenters. The van der Waals surface area contributed by atoms with Crippen LogP contribution in [0.1, 0.15) is 56.5 Å². The van der Waals surface area contributed by atoms with Gasteiger partial charge in [-0.2, -0.15) is 0 Å². The molecule has 0 saturated heterocycles. The minimum atomic E-state index is -0.426. The SMILES string of the molecule is CC(C)c1nc(C(=O)NCC(C)(C)CCO)nn1-c1ccccc1F. The average Bonchev–Trinajstić information content (AvgIpc) is 2.98. The molecule has 0 unspecified atom stereocenters. The lowest BCUT2D eigenvalue weighted by Crippen LogP contribution is -2.35. The zero-order chi connectivity index (χ0) is 18.6. The minimum Gasteiger partial charge on any atom is -0.396 e. The second kappa shape index (κ2) is 7.74. The third-order valence-corrected chi connectivity index (χ3v) is 3.95. The second-order valence-electron chi connectivity index (χ2n) is 7.13. The van der Waals surface area contributed by atoms with Crippen molar-refractivity contribution >= 4 is 5.91 Å². The summed E-state index contributed by atoms with van der Waals surface area (Å²) >= 11 is 0. The number of amides is 1. The van der Waals surface area contributed by atoms with Crippen LogP contribution in [0.25, 0.3) is 5.69 Å². The molecule has 1 aromatic heterocycles. The third kappa shape index (κ3) is 4.63. The highest BCUT2D eigenvalue weighted by Crippen LogP contribution is 2.20. The van der Waals surface area contributed by atoms with Gasteiger partial charge in [0.15, 0.2) is 0 Å². The summed E-state index contributed by atoms with van der Waals surface area (Å²) < 4.78 is 15.5. The van der Waals surface area contributed by atoms with Gasteiger partial charge in [-0.15, -0.1) is 5.10 Å². The fraction of sp³-hybridized carbons (Fsp3) is 0.500. The topological polar surface area (TPSA) is 80.0 Å². The molecule has 25 heavy (non-hydrogen) atoms. The Bertz CT molecular complexity index is 740. The molecule has 0 fully saturated rings. The number of aromatic nitrogens is 3. The fourth-order valence-electron chi connectivity index (χ4n) is 2.38. The zero-order valence-corrected chi connectivity index (χ0v) is 15.1. The number of halogens is 1. The number of rotatable bonds is 7. The molecule has 6 nitrogen and oxygen atoms in total. The number of para-hydroxylation sites is 1. The van der Waals surface area contributed by atoms with Gasteiger partial charge in [0.2, 0.25) is 5.82 Å². The summed E-state index contributed by atoms with van der Waals surface area (Å²) in [6.45, 7) is 8.17. The number of aliphatic hydroxyl groups is 1. The lowest BCUT2D eigenvalue weighted by molar-refractivity contribution is 0.0917. The summed E-state index contributed by atoms with van der Waals surface area (Å²) in [5.41, 5.74) is 0.0257. The van der Waals surface area contributed by atoms with E-state index < -0.39 is 11.7 Å². The van der Waals surface area contributed by atoms with Crippen LogP contribution in [0.5, 0.6) is 0 Å². The molecule has 1 amide bonds. The molecule has 0 radical (unpaired) electrons. The summed E-state index contributed by atoms with van der Waals surface area (Å²) in [5, 5.41) is 16.1. The summed E-state index contributed by atoms with van der Waals surface area (Å²) in [7, 11) is 0. The molecule has 2 aromatic rings. The Morgan fingerprint density at radius 1 is 1.36 bits per heavy atom. The molecule has 0 aliphatic heterocycles. The smallest absolute Gasteiger partial charge is 0.291 e. The Balaban J connectivity index is 2.27. The van der Waals surface area contributed by atoms with Crippen LogP contribution in [-0.2, 0) is 0 Å². The third-order valence-electron chi connectivity index (χ3n) is 3.95. The Morgan fingerprint density at radius 3 is 2.64 bits per heavy atom. The molecule has 0 spiro atoms. The van der Waals surface area contributed by atoms with E-state index in [2.05, 4.69) is 15.4 Å². The van der Waals surface area contributed by atoms with Crippen molar-refractivity contribution in [2.24, 2.45) is 5.41 Å². The highest BCUT2D eigenvalue weighted by molar-refractivity contribution is 5.90. The van der Waals surface area contributed by atoms with Gasteiger partial charge >= 0.3 is 0 Å². The number of carbonyl (C=O) groups is 1. The van der Waals surface area contributed by atoms with E-state index in [1.807, 2.05) is 27.7 Å². The van der Waals surface area contributed by atoms with Crippen molar-refractivity contribution in [2.45, 2.75) is 40.0 Å². The molecular weight excluding hydrogens is 323 g/mol. The average molecular weight is 348 g/mol. The van der Waals surface area contributed by atoms with Gasteiger partial charge in [-0.3, -0.25) is 4.79 Å². The number of aliphatic hydroxyl groups excluding tert-OH is 1. The van der Waals surface area contributed by atoms with Crippen LogP contribution in [0.4, 0.5) is 4.39 Å². The summed E-state index contributed by atoms with van der Waals surface area (Å²) in [6.07, 6.45) is 0.571. The number of nitrogens with one attached hydrogen (secondary N) is 1. The Kier molecular flexibility index (Phi) is 5.89. The van der Waals surface area contributed by atoms with E-state index in [4.69, 9.17) is 5.11 Å². The first kappa shape index (κ1) is 19.1. The number of hydrogen-bond acceptors (Lipinski definition) is 4. The Labute approximate surface area is 147 Å². The number of carbonyl (C=O) groups excluding carboxylic acids is 1. The first-order chi connectivity index (χ1) is 11.7. The molecule has 0 aliphatic carbocycles. The van der Waals surface area contributed by atoms with Crippen molar-refractivity contribution < 1.29 is 14.3 Å². The van der Waals surface area contributed by atoms with Gasteiger partial charge in [0.05, 0.1) is 0 Å². The van der Waals surface area contributed by atoms with Crippen molar-refractivity contribution in [1.29, 1.82) is 0 Å². The van der Waals surface area contributed by atoms with Crippen molar-refractivity contribution in [3.8, 4) is 5.69 Å². The zero-order valence-electron chi connectivity index (χ0n) is 15.1. The van der Waals surface area contributed by atoms with Crippen molar-refractivity contribution in [1.82, 2.24) is 20.1 Å². The van der Waals surface area contributed by atoms with Crippen LogP contribution in [0.15, 0.2) is 24.3 Å². The molecule has 7 heteroatoms. The lowest BCUT2D eigenvalue weighted by atomic mass is 9.90. The Morgan fingerprint density at radius 2 is 2.04 bits per heavy atom. The van der Waals surface area contributed by atoms with Crippen LogP contribution in [0, 0.1) is 11.2 Å². The first-order valence-corrected chi connectivity index (χ1v) is 8.36. The number of benzene rings is 1. The van der Waals surface area contributed by atoms with Crippen LogP contribution < -0.4 is 5.32 Å². The first-order valence-electron chi connectivity index (χ1n) is 8.36. The van der Waals surface area contributed by atoms with E-state index in [1.165, 1.54) is 10.7 Å². The summed E-state index contributed by atoms with van der Waals surface area (Å²) in [4.78, 5) is 16.7. The monoisotopic (exact) mass is 348 g/mol. The van der Waals surface area contributed by atoms with Crippen molar-refractivity contribution in [3.05, 3.63) is 41.7 Å². The molecule has 0 aliphatic rings. The van der Waals surface area contributed by atoms with Crippen LogP contribution >= 0.6 is 0 Å². The molecule has 1 heterocycles. The fourth-order valence-corrected chi connectivity index (χ4v) is 2.38. The van der Waals surface area contributed by atoms with E-state index in [-0.39, 0.29) is 29.5 Å². The minimum absolute atomic E-state index is 0.00625. The van der Waals surface area contributed by atoms with Gasteiger partial charge in [-0.25, -0.2) is 14.1 Å². The molecule has 2 N–H and O–H groups in total. The maximum atomic E-state index is 14.1. The van der Waals surface area contributed by atoms with Crippen LogP contribution in [0.3, 0.4) is 0 Å². The largest absolute Gasteiger partial charge is 0.396 e. The normalized spacial score (nSPS) is 11.8. The number of hydrogen-bond donors (Lipinski definition) is 2. The standard InChI is InChI=1S/C18H25FN4O2/c1-12(2)16-21-15(17(25)20-11-18(3,4)9-10-24)22-23(16)14-8-6-5-7-13(14)19/h5-8,12,24H,9-11H2,1-4H3,(H,20,25). The van der Waals surface area contributed by atoms with Gasteiger partial charge in [-0.1, -0.05) is 39.8 Å². The molecule has 0 saturated carbocycles. The van der Waals surface area contributed by atoms with Gasteiger partial charge in [0.1, 0.15) is 17.3 Å². The van der Waals surface area contributed by atoms with E-state index >= 15 is 0 Å². The summed E-state index contributed by atoms with van der Waals surface area (Å²) in [6, 6.07) is 6.25. The van der Waals surface area contributed by atoms with E-state index in [0.29, 0.717) is 18.8 Å². The maximum Gasteiger partial charge on any atom is 0.291 e. The predicted molar refractivity (Wildman–Crippen MR) is 93.2 cm³/mol. The van der Waals surface area contributed by atoms with Gasteiger partial charge < -0.3 is 10.4 Å². The maximum absolute atomic E-state index is 14.1. The molecule has 1 aromatic carbocycles. The molecular formula is C18H25FN4O2. The van der Waals surface area contributed by atoms with Crippen LogP contribution in [0.2, 0.25) is 0 Å². The quantitative estimate of drug-likeness (QED) is 0.806. The molecule has 0 bridgehead atoms. The molecule has 136 valence electrons. The Hall–Kier alpha value is -2.28. The van der Waals surface area contributed by atoms with Gasteiger partial charge in [-0.05, 0) is 24.0 Å². The van der Waals surface area contributed by atoms with E-state index in [0.717, 1.165) is 0 Å². The highest BCUT2D eigenvalue weighted by atomic mass is 19.1. The molecule has 2 rings (SSSR count). The second-order valence-corrected chi connectivity index (χ2v) is 7.13. The van der Waals surface area contributed by atoms with Crippen molar-refractivity contribution in [2.75, 3.05) is 13.2 Å². The van der Waals surface area contributed by atoms with E-state index in [9.17, 15) is 9.18 Å². The predicted octanol–water partition coefficient (Wildman–Crippen LogP) is 2.67. The van der Waals surface area contributed by atoms with Gasteiger partial charge in [0.25, 0.3) is 5.91 Å². The van der Waals surface area contributed by atoms with Gasteiger partial charge in [0, 0.05) is 19.1 Å². The van der Waals surface area contributed by atoms with Crippen LogP contribution in [-0.4, -0.2) is 38.9 Å². The highest BCUT2D eigenvalue weighted by Gasteiger charge is 2.23. The number of nitrogens with zero attached hydrogens (tertiary/aromatic N) is 3. The van der Waals surface area contributed by atoms with E-state index in [1.54, 1.807) is 18.2 Å². The summed E-state index contributed by atoms with van der Waals surface area (Å²) in [5.74, 6) is -0.343. The van der Waals surface area contributed by atoms with Crippen molar-refractivity contribution in [3.63, 3.8) is 0 Å².